The number of anilines is 1. The third-order valence-electron chi connectivity index (χ3n) is 3.98. The number of esters is 1. The largest absolute Gasteiger partial charge is 0.454 e. The van der Waals surface area contributed by atoms with Crippen LogP contribution in [0.25, 0.3) is 0 Å². The van der Waals surface area contributed by atoms with Gasteiger partial charge in [0.25, 0.3) is 17.7 Å². The van der Waals surface area contributed by atoms with Crippen LogP contribution in [0.2, 0.25) is 25.1 Å². The molecule has 2 aromatic carbocycles. The van der Waals surface area contributed by atoms with Crippen molar-refractivity contribution in [3.63, 3.8) is 0 Å². The van der Waals surface area contributed by atoms with E-state index in [4.69, 9.17) is 62.7 Å². The summed E-state index contributed by atoms with van der Waals surface area (Å²) in [6, 6.07) is 6.47. The van der Waals surface area contributed by atoms with Crippen LogP contribution < -0.4 is 5.32 Å². The summed E-state index contributed by atoms with van der Waals surface area (Å²) in [5.74, 6) is -3.46. The van der Waals surface area contributed by atoms with Crippen LogP contribution in [0.15, 0.2) is 24.3 Å². The van der Waals surface area contributed by atoms with Crippen molar-refractivity contribution in [3.05, 3.63) is 60.5 Å². The molecule has 0 saturated heterocycles. The second-order valence-electron chi connectivity index (χ2n) is 5.89. The number of hydrogen-bond acceptors (Lipinski definition) is 5. The first kappa shape index (κ1) is 22.7. The van der Waals surface area contributed by atoms with Crippen LogP contribution in [-0.4, -0.2) is 41.7 Å². The van der Waals surface area contributed by atoms with Crippen molar-refractivity contribution in [3.8, 4) is 0 Å². The van der Waals surface area contributed by atoms with Gasteiger partial charge in [-0.3, -0.25) is 24.1 Å². The number of rotatable bonds is 5. The van der Waals surface area contributed by atoms with Gasteiger partial charge < -0.3 is 10.1 Å². The zero-order valence-electron chi connectivity index (χ0n) is 14.6. The Bertz CT molecular complexity index is 1060. The number of nitrogens with one attached hydrogen (secondary N) is 1. The van der Waals surface area contributed by atoms with Crippen molar-refractivity contribution < 1.29 is 23.9 Å². The van der Waals surface area contributed by atoms with Crippen LogP contribution >= 0.6 is 58.0 Å². The number of carbonyl (C=O) groups excluding carboxylic acids is 4. The number of benzene rings is 2. The Hall–Kier alpha value is -2.03. The number of para-hydroxylation sites is 1. The molecule has 1 heterocycles. The van der Waals surface area contributed by atoms with Crippen LogP contribution in [0.3, 0.4) is 0 Å². The van der Waals surface area contributed by atoms with Gasteiger partial charge >= 0.3 is 5.97 Å². The summed E-state index contributed by atoms with van der Waals surface area (Å²) in [5, 5.41) is 1.87. The summed E-state index contributed by atoms with van der Waals surface area (Å²) in [7, 11) is 0. The first-order valence-corrected chi connectivity index (χ1v) is 9.94. The molecule has 1 aliphatic rings. The normalized spacial score (nSPS) is 12.8. The van der Waals surface area contributed by atoms with E-state index in [1.165, 1.54) is 0 Å². The Kier molecular flexibility index (Phi) is 6.79. The van der Waals surface area contributed by atoms with E-state index in [0.29, 0.717) is 15.6 Å². The van der Waals surface area contributed by atoms with Crippen molar-refractivity contribution in [2.24, 2.45) is 0 Å². The molecule has 0 fully saturated rings. The van der Waals surface area contributed by atoms with E-state index < -0.39 is 36.8 Å². The molecule has 0 spiro atoms. The first-order chi connectivity index (χ1) is 14.1. The molecule has 0 aromatic heterocycles. The fourth-order valence-corrected chi connectivity index (χ4v) is 3.81. The standard InChI is InChI=1S/C18H9Cl5N2O5/c19-7-3-1-2-4-8(7)24-9(26)6-30-10(27)5-25-17(28)11-12(18(25)29)14(21)16(23)15(22)13(11)20/h1-4H,5-6H2,(H,24,26). The molecule has 0 unspecified atom stereocenters. The van der Waals surface area contributed by atoms with Crippen LogP contribution in [0, 0.1) is 0 Å². The maximum atomic E-state index is 12.6. The zero-order chi connectivity index (χ0) is 22.2. The Morgan fingerprint density at radius 3 is 1.93 bits per heavy atom. The Balaban J connectivity index is 1.66. The maximum Gasteiger partial charge on any atom is 0.326 e. The lowest BCUT2D eigenvalue weighted by molar-refractivity contribution is -0.147. The van der Waals surface area contributed by atoms with E-state index in [1.807, 2.05) is 0 Å². The van der Waals surface area contributed by atoms with Gasteiger partial charge in [0.05, 0.1) is 41.9 Å². The molecule has 156 valence electrons. The topological polar surface area (TPSA) is 92.8 Å². The summed E-state index contributed by atoms with van der Waals surface area (Å²) in [6.45, 7) is -1.43. The molecule has 30 heavy (non-hydrogen) atoms. The van der Waals surface area contributed by atoms with Crippen LogP contribution in [0.1, 0.15) is 20.7 Å². The number of amides is 3. The van der Waals surface area contributed by atoms with Crippen LogP contribution in [0.4, 0.5) is 5.69 Å². The van der Waals surface area contributed by atoms with E-state index in [9.17, 15) is 19.2 Å². The average molecular weight is 511 g/mol. The highest BCUT2D eigenvalue weighted by molar-refractivity contribution is 6.55. The summed E-state index contributed by atoms with van der Waals surface area (Å²) in [4.78, 5) is 49.7. The minimum Gasteiger partial charge on any atom is -0.454 e. The fraction of sp³-hybridized carbons (Fsp3) is 0.111. The van der Waals surface area contributed by atoms with Gasteiger partial charge in [0.2, 0.25) is 0 Å². The summed E-state index contributed by atoms with van der Waals surface area (Å²) in [6.07, 6.45) is 0. The van der Waals surface area contributed by atoms with E-state index in [1.54, 1.807) is 24.3 Å². The Morgan fingerprint density at radius 2 is 1.40 bits per heavy atom. The minimum absolute atomic E-state index is 0.191. The number of fused-ring (bicyclic) bond motifs is 1. The monoisotopic (exact) mass is 508 g/mol. The maximum absolute atomic E-state index is 12.6. The molecule has 0 atom stereocenters. The SMILES string of the molecule is O=C(COC(=O)CN1C(=O)c2c(Cl)c(Cl)c(Cl)c(Cl)c2C1=O)Nc1ccccc1Cl. The molecule has 0 saturated carbocycles. The molecule has 2 aromatic rings. The van der Waals surface area contributed by atoms with Gasteiger partial charge in [0, 0.05) is 0 Å². The molecular formula is C18H9Cl5N2O5. The molecular weight excluding hydrogens is 501 g/mol. The molecule has 0 aliphatic carbocycles. The summed E-state index contributed by atoms with van der Waals surface area (Å²) >= 11 is 29.8. The van der Waals surface area contributed by atoms with Crippen molar-refractivity contribution in [1.29, 1.82) is 0 Å². The lowest BCUT2D eigenvalue weighted by atomic mass is 10.1. The van der Waals surface area contributed by atoms with Crippen molar-refractivity contribution >= 4 is 87.4 Å². The molecule has 3 rings (SSSR count). The number of carbonyl (C=O) groups is 4. The third-order valence-corrected chi connectivity index (χ3v) is 6.12. The van der Waals surface area contributed by atoms with Gasteiger partial charge in [-0.15, -0.1) is 0 Å². The van der Waals surface area contributed by atoms with Gasteiger partial charge in [0.15, 0.2) is 6.61 Å². The second-order valence-corrected chi connectivity index (χ2v) is 7.81. The van der Waals surface area contributed by atoms with Gasteiger partial charge in [-0.25, -0.2) is 0 Å². The molecule has 12 heteroatoms. The molecule has 1 N–H and O–H groups in total. The van der Waals surface area contributed by atoms with Gasteiger partial charge in [-0.2, -0.15) is 0 Å². The predicted molar refractivity (Wildman–Crippen MR) is 113 cm³/mol. The number of imide groups is 1. The Morgan fingerprint density at radius 1 is 0.867 bits per heavy atom. The van der Waals surface area contributed by atoms with E-state index >= 15 is 0 Å². The quantitative estimate of drug-likeness (QED) is 0.272. The smallest absolute Gasteiger partial charge is 0.326 e. The number of hydrogen-bond donors (Lipinski definition) is 1. The average Bonchev–Trinajstić information content (AvgIpc) is 2.95. The van der Waals surface area contributed by atoms with E-state index in [2.05, 4.69) is 5.32 Å². The summed E-state index contributed by atoms with van der Waals surface area (Å²) < 4.78 is 4.82. The second kappa shape index (κ2) is 8.99. The highest BCUT2D eigenvalue weighted by atomic mass is 35.5. The highest BCUT2D eigenvalue weighted by Crippen LogP contribution is 2.44. The molecule has 0 radical (unpaired) electrons. The molecule has 1 aliphatic heterocycles. The van der Waals surface area contributed by atoms with Crippen molar-refractivity contribution in [1.82, 2.24) is 4.90 Å². The molecule has 3 amide bonds. The first-order valence-electron chi connectivity index (χ1n) is 8.05. The van der Waals surface area contributed by atoms with Gasteiger partial charge in [0.1, 0.15) is 6.54 Å². The van der Waals surface area contributed by atoms with Gasteiger partial charge in [-0.1, -0.05) is 70.1 Å². The zero-order valence-corrected chi connectivity index (χ0v) is 18.4. The lowest BCUT2D eigenvalue weighted by Crippen LogP contribution is -2.36. The van der Waals surface area contributed by atoms with Crippen LogP contribution in [0.5, 0.6) is 0 Å². The molecule has 7 nitrogen and oxygen atoms in total. The number of halogens is 5. The molecule has 0 bridgehead atoms. The van der Waals surface area contributed by atoms with Crippen molar-refractivity contribution in [2.75, 3.05) is 18.5 Å². The number of nitrogens with zero attached hydrogens (tertiary/aromatic N) is 1. The van der Waals surface area contributed by atoms with Gasteiger partial charge in [-0.05, 0) is 12.1 Å². The highest BCUT2D eigenvalue weighted by Gasteiger charge is 2.42. The minimum atomic E-state index is -1.01. The Labute approximate surface area is 194 Å². The van der Waals surface area contributed by atoms with Crippen LogP contribution in [-0.2, 0) is 14.3 Å². The number of ether oxygens (including phenoxy) is 1. The van der Waals surface area contributed by atoms with E-state index in [-0.39, 0.29) is 31.2 Å². The van der Waals surface area contributed by atoms with E-state index in [0.717, 1.165) is 0 Å². The third kappa shape index (κ3) is 4.22. The lowest BCUT2D eigenvalue weighted by Gasteiger charge is -2.13. The predicted octanol–water partition coefficient (Wildman–Crippen LogP) is 4.73. The summed E-state index contributed by atoms with van der Waals surface area (Å²) in [5.41, 5.74) is -0.186. The van der Waals surface area contributed by atoms with Crippen molar-refractivity contribution in [2.45, 2.75) is 0 Å². The fourth-order valence-electron chi connectivity index (χ4n) is 2.61.